The summed E-state index contributed by atoms with van der Waals surface area (Å²) in [5.74, 6) is -0.955. The van der Waals surface area contributed by atoms with Crippen molar-refractivity contribution in [2.75, 3.05) is 14.1 Å². The number of hydrogen-bond donors (Lipinski definition) is 4. The number of carbonyl (C=O) groups is 2. The zero-order chi connectivity index (χ0) is 27.4. The highest BCUT2D eigenvalue weighted by Gasteiger charge is 2.86. The van der Waals surface area contributed by atoms with Crippen LogP contribution in [-0.2, 0) is 14.0 Å². The summed E-state index contributed by atoms with van der Waals surface area (Å²) in [7, 11) is 0.518. The van der Waals surface area contributed by atoms with Crippen molar-refractivity contribution in [3.05, 3.63) is 12.7 Å². The van der Waals surface area contributed by atoms with Crippen LogP contribution in [0.5, 0.6) is 0 Å². The first kappa shape index (κ1) is 27.7. The molecule has 0 unspecified atom stereocenters. The highest BCUT2D eigenvalue weighted by atomic mass is 28.4. The van der Waals surface area contributed by atoms with Crippen LogP contribution in [0.15, 0.2) is 12.7 Å². The predicted octanol–water partition coefficient (Wildman–Crippen LogP) is 1.01. The van der Waals surface area contributed by atoms with Crippen LogP contribution in [0.2, 0.25) is 18.1 Å². The molecule has 5 heterocycles. The SMILES string of the molecule is C=CC[C@]1(O)[C@@H](O)[C@]23CCC[C@@H](O[Si](C)(C)C(C)(C)C)[C@]24C(=O)N(C)[C@@H]([C@@H](O)[C@H]4O)[C@@]1(C)C(=O)N3C. The monoisotopic (exact) mass is 524 g/mol. The van der Waals surface area contributed by atoms with Crippen LogP contribution in [-0.4, -0.2) is 106 Å². The van der Waals surface area contributed by atoms with Gasteiger partial charge in [-0.05, 0) is 50.7 Å². The molecule has 5 saturated heterocycles. The van der Waals surface area contributed by atoms with Gasteiger partial charge < -0.3 is 34.7 Å². The fourth-order valence-corrected chi connectivity index (χ4v) is 9.35. The summed E-state index contributed by atoms with van der Waals surface area (Å²) in [6.07, 6.45) is -3.23. The van der Waals surface area contributed by atoms with Gasteiger partial charge in [-0.2, -0.15) is 0 Å². The summed E-state index contributed by atoms with van der Waals surface area (Å²) in [6, 6.07) is -1.27. The van der Waals surface area contributed by atoms with E-state index < -0.39 is 72.6 Å². The molecule has 0 radical (unpaired) electrons. The minimum Gasteiger partial charge on any atom is -0.413 e. The van der Waals surface area contributed by atoms with Crippen molar-refractivity contribution in [2.45, 2.75) is 113 Å². The number of piperidine rings is 2. The lowest BCUT2D eigenvalue weighted by Crippen LogP contribution is -2.95. The number of aliphatic hydroxyl groups is 4. The number of aliphatic hydroxyl groups excluding tert-OH is 3. The van der Waals surface area contributed by atoms with Gasteiger partial charge in [0.05, 0.1) is 17.7 Å². The van der Waals surface area contributed by atoms with Crippen molar-refractivity contribution >= 4 is 20.1 Å². The Morgan fingerprint density at radius 3 is 2.28 bits per heavy atom. The molecular formula is C26H44N2O7Si. The Kier molecular flexibility index (Phi) is 6.05. The van der Waals surface area contributed by atoms with Gasteiger partial charge in [-0.25, -0.2) is 0 Å². The van der Waals surface area contributed by atoms with Gasteiger partial charge in [-0.3, -0.25) is 9.59 Å². The molecule has 36 heavy (non-hydrogen) atoms. The lowest BCUT2D eigenvalue weighted by Gasteiger charge is -2.76. The Labute approximate surface area is 215 Å². The van der Waals surface area contributed by atoms with E-state index in [-0.39, 0.29) is 17.9 Å². The molecule has 7 aliphatic rings. The quantitative estimate of drug-likeness (QED) is 0.319. The fraction of sp³-hybridized carbons (Fsp3) is 0.846. The average Bonchev–Trinajstić information content (AvgIpc) is 2.78. The van der Waals surface area contributed by atoms with Crippen LogP contribution < -0.4 is 0 Å². The zero-order valence-electron chi connectivity index (χ0n) is 22.9. The van der Waals surface area contributed by atoms with Crippen molar-refractivity contribution < 1.29 is 34.4 Å². The number of nitrogens with zero attached hydrogens (tertiary/aromatic N) is 2. The number of rotatable bonds is 4. The van der Waals surface area contributed by atoms with Crippen LogP contribution >= 0.6 is 0 Å². The Bertz CT molecular complexity index is 984. The van der Waals surface area contributed by atoms with Gasteiger partial charge in [0.1, 0.15) is 34.7 Å². The summed E-state index contributed by atoms with van der Waals surface area (Å²) < 4.78 is 6.86. The Morgan fingerprint density at radius 1 is 1.17 bits per heavy atom. The highest BCUT2D eigenvalue weighted by molar-refractivity contribution is 6.74. The fourth-order valence-electron chi connectivity index (χ4n) is 7.98. The molecule has 2 saturated carbocycles. The second-order valence-electron chi connectivity index (χ2n) is 13.2. The van der Waals surface area contributed by atoms with Gasteiger partial charge in [0.15, 0.2) is 8.32 Å². The number of carbonyl (C=O) groups excluding carboxylic acids is 2. The summed E-state index contributed by atoms with van der Waals surface area (Å²) in [4.78, 5) is 31.5. The lowest BCUT2D eigenvalue weighted by molar-refractivity contribution is -0.334. The maximum atomic E-state index is 14.6. The highest BCUT2D eigenvalue weighted by Crippen LogP contribution is 2.67. The van der Waals surface area contributed by atoms with E-state index in [1.54, 1.807) is 7.05 Å². The number of hydrogen-bond acceptors (Lipinski definition) is 7. The second-order valence-corrected chi connectivity index (χ2v) is 18.0. The van der Waals surface area contributed by atoms with E-state index in [0.717, 1.165) is 0 Å². The molecule has 7 rings (SSSR count). The Hall–Kier alpha value is -1.30. The van der Waals surface area contributed by atoms with Crippen LogP contribution in [0, 0.1) is 10.8 Å². The summed E-state index contributed by atoms with van der Waals surface area (Å²) in [6.45, 7) is 15.5. The Balaban J connectivity index is 2.11. The Morgan fingerprint density at radius 2 is 1.75 bits per heavy atom. The average molecular weight is 525 g/mol. The summed E-state index contributed by atoms with van der Waals surface area (Å²) >= 11 is 0. The third-order valence-electron chi connectivity index (χ3n) is 10.9. The topological polar surface area (TPSA) is 131 Å². The molecule has 0 aromatic heterocycles. The van der Waals surface area contributed by atoms with Crippen molar-refractivity contribution in [1.82, 2.24) is 9.80 Å². The first-order valence-electron chi connectivity index (χ1n) is 13.0. The molecule has 204 valence electrons. The smallest absolute Gasteiger partial charge is 0.236 e. The number of likely N-dealkylation sites (N-methyl/N-ethyl adjacent to an activating group) is 2. The van der Waals surface area contributed by atoms with Crippen LogP contribution in [0.25, 0.3) is 0 Å². The molecule has 4 N–H and O–H groups in total. The molecule has 9 atom stereocenters. The van der Waals surface area contributed by atoms with Crippen LogP contribution in [0.1, 0.15) is 53.4 Å². The van der Waals surface area contributed by atoms with E-state index in [1.807, 2.05) is 13.1 Å². The maximum Gasteiger partial charge on any atom is 0.236 e. The molecule has 2 aliphatic carbocycles. The van der Waals surface area contributed by atoms with Crippen molar-refractivity contribution in [2.24, 2.45) is 10.8 Å². The van der Waals surface area contributed by atoms with Crippen molar-refractivity contribution in [1.29, 1.82) is 0 Å². The summed E-state index contributed by atoms with van der Waals surface area (Å²) in [5, 5.41) is 47.9. The molecule has 9 nitrogen and oxygen atoms in total. The van der Waals surface area contributed by atoms with E-state index >= 15 is 0 Å². The van der Waals surface area contributed by atoms with Crippen LogP contribution in [0.4, 0.5) is 0 Å². The van der Waals surface area contributed by atoms with Gasteiger partial charge in [0.25, 0.3) is 0 Å². The summed E-state index contributed by atoms with van der Waals surface area (Å²) in [5.41, 5.74) is -7.43. The lowest BCUT2D eigenvalue weighted by atomic mass is 9.40. The van der Waals surface area contributed by atoms with E-state index in [2.05, 4.69) is 27.4 Å². The third kappa shape index (κ3) is 2.73. The van der Waals surface area contributed by atoms with E-state index in [9.17, 15) is 30.0 Å². The molecule has 7 fully saturated rings. The van der Waals surface area contributed by atoms with Crippen LogP contribution in [0.3, 0.4) is 0 Å². The number of amides is 2. The third-order valence-corrected chi connectivity index (χ3v) is 15.4. The molecule has 5 aliphatic heterocycles. The van der Waals surface area contributed by atoms with E-state index in [0.29, 0.717) is 12.8 Å². The minimum absolute atomic E-state index is 0.128. The second kappa shape index (κ2) is 7.86. The van der Waals surface area contributed by atoms with Gasteiger partial charge in [-0.15, -0.1) is 6.58 Å². The maximum absolute atomic E-state index is 14.6. The first-order chi connectivity index (χ1) is 16.4. The molecule has 0 aromatic rings. The first-order valence-corrected chi connectivity index (χ1v) is 15.9. The van der Waals surface area contributed by atoms with Gasteiger partial charge in [0, 0.05) is 14.1 Å². The molecule has 0 aromatic carbocycles. The molecular weight excluding hydrogens is 480 g/mol. The standard InChI is InChI=1S/C26H44N2O7Si/c1-10-13-25(34)19(31)24-14-11-12-15(35-36(8,9)22(2,3)4)26(24)18(30)16(29)17(27(6)21(26)33)23(25,5)20(32)28(24)7/h10,15-19,29-31,34H,1,11-14H2,2-9H3/t15-,16-,17+,18-,19+,23+,24-,25+,26+/m1/s1. The van der Waals surface area contributed by atoms with Crippen molar-refractivity contribution in [3.8, 4) is 0 Å². The van der Waals surface area contributed by atoms with E-state index in [4.69, 9.17) is 4.43 Å². The van der Waals surface area contributed by atoms with Crippen molar-refractivity contribution in [3.63, 3.8) is 0 Å². The van der Waals surface area contributed by atoms with Gasteiger partial charge in [0.2, 0.25) is 11.8 Å². The molecule has 2 amide bonds. The largest absolute Gasteiger partial charge is 0.413 e. The van der Waals surface area contributed by atoms with E-state index in [1.165, 1.54) is 29.8 Å². The minimum atomic E-state index is -2.53. The molecule has 2 spiro atoms. The molecule has 10 heteroatoms. The predicted molar refractivity (Wildman–Crippen MR) is 136 cm³/mol. The molecule has 4 bridgehead atoms. The normalized spacial score (nSPS) is 47.1. The van der Waals surface area contributed by atoms with Gasteiger partial charge in [-0.1, -0.05) is 26.8 Å². The van der Waals surface area contributed by atoms with Gasteiger partial charge >= 0.3 is 0 Å². The zero-order valence-corrected chi connectivity index (χ0v) is 23.9.